The zero-order chi connectivity index (χ0) is 23.4. The number of quaternary nitrogens is 1. The Morgan fingerprint density at radius 2 is 1.13 bits per heavy atom. The van der Waals surface area contributed by atoms with Gasteiger partial charge < -0.3 is 4.89 Å². The van der Waals surface area contributed by atoms with Gasteiger partial charge in [0.05, 0.1) is 21.1 Å². The monoisotopic (exact) mass is 454 g/mol. The van der Waals surface area contributed by atoms with E-state index in [2.05, 4.69) is 18.7 Å². The van der Waals surface area contributed by atoms with E-state index in [-0.39, 0.29) is 0 Å². The van der Waals surface area contributed by atoms with Gasteiger partial charge in [0.15, 0.2) is 0 Å². The number of nitrogens with zero attached hydrogens (tertiary/aromatic N) is 1. The van der Waals surface area contributed by atoms with Crippen LogP contribution in [0, 0.1) is 0 Å². The maximum atomic E-state index is 11.9. The first kappa shape index (κ1) is 30.5. The Balaban J connectivity index is 3.56. The molecule has 0 radical (unpaired) electrons. The van der Waals surface area contributed by atoms with Crippen molar-refractivity contribution in [1.82, 2.24) is 0 Å². The summed E-state index contributed by atoms with van der Waals surface area (Å²) >= 11 is 0. The topological polar surface area (TPSA) is 40.1 Å². The van der Waals surface area contributed by atoms with Gasteiger partial charge in [0.2, 0.25) is 0 Å². The normalized spacial score (nSPS) is 14.7. The van der Waals surface area contributed by atoms with Crippen LogP contribution < -0.4 is 4.89 Å². The molecule has 3 nitrogen and oxygen atoms in total. The van der Waals surface area contributed by atoms with Gasteiger partial charge in [-0.3, -0.25) is 4.48 Å². The van der Waals surface area contributed by atoms with Crippen LogP contribution in [-0.2, 0) is 4.57 Å². The smallest absolute Gasteiger partial charge is 0.376 e. The van der Waals surface area contributed by atoms with Gasteiger partial charge in [-0.1, -0.05) is 87.5 Å². The first-order valence-corrected chi connectivity index (χ1v) is 14.2. The van der Waals surface area contributed by atoms with Crippen molar-refractivity contribution in [3.8, 4) is 0 Å². The molecule has 0 saturated carbocycles. The zero-order valence-electron chi connectivity index (χ0n) is 21.4. The van der Waals surface area contributed by atoms with Gasteiger partial charge in [-0.05, 0) is 44.9 Å². The van der Waals surface area contributed by atoms with Gasteiger partial charge >= 0.3 is 8.03 Å². The van der Waals surface area contributed by atoms with Crippen LogP contribution in [0.4, 0.5) is 0 Å². The molecule has 0 N–H and O–H groups in total. The largest absolute Gasteiger partial charge is 0.590 e. The van der Waals surface area contributed by atoms with Crippen molar-refractivity contribution in [3.63, 3.8) is 0 Å². The number of rotatable bonds is 22. The standard InChI is InChI=1S/C27H53NO2P/c1-6-8-9-10-11-12-13-14-15-16-17-18-19-20-21-22-23-24-25-26-27(7-2,31(29)30)28(3,4)5/h6,15-16H,1,7-14,17-26H2,2-5H3/q+1/b16-15-. The summed E-state index contributed by atoms with van der Waals surface area (Å²) in [6, 6.07) is 0. The minimum atomic E-state index is -2.42. The molecule has 0 fully saturated rings. The van der Waals surface area contributed by atoms with Gasteiger partial charge in [0.25, 0.3) is 5.28 Å². The second-order valence-electron chi connectivity index (χ2n) is 10.1. The van der Waals surface area contributed by atoms with E-state index in [0.717, 1.165) is 19.3 Å². The van der Waals surface area contributed by atoms with Gasteiger partial charge in [-0.25, -0.2) is 0 Å². The van der Waals surface area contributed by atoms with Gasteiger partial charge in [0.1, 0.15) is 0 Å². The first-order chi connectivity index (χ1) is 14.8. The van der Waals surface area contributed by atoms with Gasteiger partial charge in [-0.2, -0.15) is 0 Å². The number of hydrogen-bond donors (Lipinski definition) is 0. The lowest BCUT2D eigenvalue weighted by Crippen LogP contribution is -2.55. The van der Waals surface area contributed by atoms with E-state index >= 15 is 0 Å². The van der Waals surface area contributed by atoms with Crippen LogP contribution in [0.25, 0.3) is 0 Å². The third-order valence-electron chi connectivity index (χ3n) is 6.80. The van der Waals surface area contributed by atoms with Gasteiger partial charge in [-0.15, -0.1) is 6.58 Å². The van der Waals surface area contributed by atoms with Crippen LogP contribution in [-0.4, -0.2) is 30.9 Å². The van der Waals surface area contributed by atoms with E-state index in [1.807, 2.05) is 34.1 Å². The van der Waals surface area contributed by atoms with Crippen molar-refractivity contribution in [2.24, 2.45) is 0 Å². The second-order valence-corrected chi connectivity index (χ2v) is 11.4. The van der Waals surface area contributed by atoms with Crippen molar-refractivity contribution in [3.05, 3.63) is 24.8 Å². The lowest BCUT2D eigenvalue weighted by atomic mass is 10.0. The Labute approximate surface area is 195 Å². The molecule has 0 aromatic carbocycles. The molecule has 0 aromatic rings. The van der Waals surface area contributed by atoms with Crippen molar-refractivity contribution >= 4 is 8.03 Å². The highest BCUT2D eigenvalue weighted by Crippen LogP contribution is 2.44. The van der Waals surface area contributed by atoms with E-state index < -0.39 is 13.3 Å². The third-order valence-corrected chi connectivity index (χ3v) is 8.62. The summed E-state index contributed by atoms with van der Waals surface area (Å²) in [5.41, 5.74) is 0. The molecule has 2 unspecified atom stereocenters. The van der Waals surface area contributed by atoms with Crippen LogP contribution >= 0.6 is 8.03 Å². The summed E-state index contributed by atoms with van der Waals surface area (Å²) in [5, 5.41) is -0.603. The molecule has 0 heterocycles. The fourth-order valence-corrected chi connectivity index (χ4v) is 5.59. The third kappa shape index (κ3) is 14.3. The minimum Gasteiger partial charge on any atom is -0.590 e. The zero-order valence-corrected chi connectivity index (χ0v) is 22.3. The average molecular weight is 455 g/mol. The summed E-state index contributed by atoms with van der Waals surface area (Å²) in [7, 11) is 3.61. The van der Waals surface area contributed by atoms with E-state index in [9.17, 15) is 9.46 Å². The summed E-state index contributed by atoms with van der Waals surface area (Å²) < 4.78 is 12.4. The maximum Gasteiger partial charge on any atom is 0.376 e. The van der Waals surface area contributed by atoms with Crippen molar-refractivity contribution in [2.75, 3.05) is 21.1 Å². The molecule has 2 atom stereocenters. The summed E-state index contributed by atoms with van der Waals surface area (Å²) in [4.78, 5) is 11.9. The predicted octanol–water partition coefficient (Wildman–Crippen LogP) is 8.28. The average Bonchev–Trinajstić information content (AvgIpc) is 2.71. The Bertz CT molecular complexity index is 484. The first-order valence-electron chi connectivity index (χ1n) is 13.0. The van der Waals surface area contributed by atoms with Crippen LogP contribution in [0.3, 0.4) is 0 Å². The van der Waals surface area contributed by atoms with Crippen molar-refractivity contribution in [2.45, 2.75) is 128 Å². The highest BCUT2D eigenvalue weighted by molar-refractivity contribution is 7.38. The van der Waals surface area contributed by atoms with E-state index in [1.165, 1.54) is 89.9 Å². The Morgan fingerprint density at radius 3 is 1.48 bits per heavy atom. The molecule has 0 saturated heterocycles. The van der Waals surface area contributed by atoms with Gasteiger partial charge in [0, 0.05) is 12.8 Å². The minimum absolute atomic E-state index is 0.507. The second kappa shape index (κ2) is 19.0. The number of hydrogen-bond acceptors (Lipinski definition) is 2. The lowest BCUT2D eigenvalue weighted by Gasteiger charge is -2.39. The number of allylic oxidation sites excluding steroid dienone is 3. The molecule has 31 heavy (non-hydrogen) atoms. The molecule has 0 aliphatic heterocycles. The molecular formula is C27H53NO2P+. The van der Waals surface area contributed by atoms with Crippen LogP contribution in [0.2, 0.25) is 0 Å². The molecule has 0 aliphatic carbocycles. The fraction of sp³-hybridized carbons (Fsp3) is 0.852. The molecule has 0 spiro atoms. The molecule has 0 aromatic heterocycles. The molecule has 182 valence electrons. The fourth-order valence-electron chi connectivity index (χ4n) is 4.50. The van der Waals surface area contributed by atoms with E-state index in [1.54, 1.807) is 0 Å². The van der Waals surface area contributed by atoms with Crippen LogP contribution in [0.5, 0.6) is 0 Å². The van der Waals surface area contributed by atoms with Crippen molar-refractivity contribution < 1.29 is 13.9 Å². The molecular weight excluding hydrogens is 401 g/mol. The Morgan fingerprint density at radius 1 is 0.742 bits per heavy atom. The SMILES string of the molecule is C=CCCCCCCC/C=C\CCCCCCCCCCC(CC)([P+](=O)[O-])[N+](C)(C)C. The molecule has 0 amide bonds. The summed E-state index contributed by atoms with van der Waals surface area (Å²) in [6.07, 6.45) is 28.7. The molecule has 0 aliphatic rings. The van der Waals surface area contributed by atoms with E-state index in [4.69, 9.17) is 0 Å². The Hall–Kier alpha value is -0.500. The van der Waals surface area contributed by atoms with E-state index in [0.29, 0.717) is 10.9 Å². The quantitative estimate of drug-likeness (QED) is 0.0714. The molecule has 0 rings (SSSR count). The highest BCUT2D eigenvalue weighted by atomic mass is 31.1. The maximum absolute atomic E-state index is 11.9. The summed E-state index contributed by atoms with van der Waals surface area (Å²) in [5.74, 6) is 0. The molecule has 0 bridgehead atoms. The predicted molar refractivity (Wildman–Crippen MR) is 136 cm³/mol. The molecule has 4 heteroatoms. The van der Waals surface area contributed by atoms with Crippen LogP contribution in [0.15, 0.2) is 24.8 Å². The lowest BCUT2D eigenvalue weighted by molar-refractivity contribution is -0.910. The highest BCUT2D eigenvalue weighted by Gasteiger charge is 2.52. The Kier molecular flexibility index (Phi) is 18.7. The van der Waals surface area contributed by atoms with Crippen molar-refractivity contribution in [1.29, 1.82) is 0 Å². The summed E-state index contributed by atoms with van der Waals surface area (Å²) in [6.45, 7) is 5.78. The van der Waals surface area contributed by atoms with Crippen LogP contribution in [0.1, 0.15) is 122 Å². The number of unbranched alkanes of at least 4 members (excludes halogenated alkanes) is 14.